The first-order valence-corrected chi connectivity index (χ1v) is 10.9. The summed E-state index contributed by atoms with van der Waals surface area (Å²) in [5.41, 5.74) is 4.08. The van der Waals surface area contributed by atoms with Gasteiger partial charge in [0.05, 0.1) is 16.8 Å². The second-order valence-electron chi connectivity index (χ2n) is 6.91. The first-order chi connectivity index (χ1) is 14.8. The molecule has 0 aliphatic rings. The molecule has 9 nitrogen and oxygen atoms in total. The van der Waals surface area contributed by atoms with Gasteiger partial charge in [0.15, 0.2) is 11.5 Å². The van der Waals surface area contributed by atoms with Crippen molar-refractivity contribution in [3.05, 3.63) is 72.7 Å². The van der Waals surface area contributed by atoms with E-state index >= 15 is 0 Å². The van der Waals surface area contributed by atoms with Crippen LogP contribution in [0.2, 0.25) is 0 Å². The standard InChI is InChI=1S/C21H20N6O3S/c1-14(28)26-17-6-4-16(5-7-17)19-13-25-21-20(23-10-11-27(19)21)24-12-15-2-8-18(9-3-15)31(22,29)30/h2-11,13H,12H2,1H3,(H,23,24)(H,26,28)(H2,22,29,30). The number of primary sulfonamides is 1. The van der Waals surface area contributed by atoms with Crippen LogP contribution in [0.4, 0.5) is 11.5 Å². The third-order valence-electron chi connectivity index (χ3n) is 4.64. The SMILES string of the molecule is CC(=O)Nc1ccc(-c2cnc3c(NCc4ccc(S(N)(=O)=O)cc4)nccn23)cc1. The van der Waals surface area contributed by atoms with Crippen molar-refractivity contribution in [1.29, 1.82) is 0 Å². The van der Waals surface area contributed by atoms with Crippen molar-refractivity contribution in [3.63, 3.8) is 0 Å². The van der Waals surface area contributed by atoms with Crippen LogP contribution >= 0.6 is 0 Å². The fourth-order valence-electron chi connectivity index (χ4n) is 3.17. The molecule has 158 valence electrons. The molecule has 2 aromatic carbocycles. The zero-order valence-corrected chi connectivity index (χ0v) is 17.4. The fourth-order valence-corrected chi connectivity index (χ4v) is 3.68. The molecular formula is C21H20N6O3S. The first kappa shape index (κ1) is 20.5. The van der Waals surface area contributed by atoms with E-state index in [1.54, 1.807) is 24.5 Å². The molecule has 4 aromatic rings. The molecular weight excluding hydrogens is 416 g/mol. The van der Waals surface area contributed by atoms with Gasteiger partial charge in [-0.15, -0.1) is 0 Å². The number of nitrogens with one attached hydrogen (secondary N) is 2. The average Bonchev–Trinajstić information content (AvgIpc) is 3.17. The molecule has 4 rings (SSSR count). The molecule has 0 radical (unpaired) electrons. The predicted molar refractivity (Wildman–Crippen MR) is 118 cm³/mol. The van der Waals surface area contributed by atoms with E-state index in [-0.39, 0.29) is 10.8 Å². The monoisotopic (exact) mass is 436 g/mol. The van der Waals surface area contributed by atoms with Gasteiger partial charge in [-0.05, 0) is 29.8 Å². The number of imidazole rings is 1. The maximum Gasteiger partial charge on any atom is 0.238 e. The van der Waals surface area contributed by atoms with Crippen LogP contribution < -0.4 is 15.8 Å². The number of carbonyl (C=O) groups is 1. The van der Waals surface area contributed by atoms with Crippen LogP contribution in [-0.2, 0) is 21.4 Å². The lowest BCUT2D eigenvalue weighted by molar-refractivity contribution is -0.114. The van der Waals surface area contributed by atoms with Gasteiger partial charge >= 0.3 is 0 Å². The average molecular weight is 436 g/mol. The van der Waals surface area contributed by atoms with Crippen molar-refractivity contribution >= 4 is 33.1 Å². The number of hydrogen-bond acceptors (Lipinski definition) is 6. The van der Waals surface area contributed by atoms with Crippen LogP contribution in [0.25, 0.3) is 16.9 Å². The van der Waals surface area contributed by atoms with Gasteiger partial charge in [-0.1, -0.05) is 24.3 Å². The molecule has 2 heterocycles. The van der Waals surface area contributed by atoms with Gasteiger partial charge < -0.3 is 10.6 Å². The lowest BCUT2D eigenvalue weighted by Gasteiger charge is -2.09. The number of hydrogen-bond donors (Lipinski definition) is 3. The van der Waals surface area contributed by atoms with Crippen molar-refractivity contribution in [2.45, 2.75) is 18.4 Å². The molecule has 0 unspecified atom stereocenters. The summed E-state index contributed by atoms with van der Waals surface area (Å²) in [6.45, 7) is 1.90. The summed E-state index contributed by atoms with van der Waals surface area (Å²) in [5, 5.41) is 11.1. The van der Waals surface area contributed by atoms with Gasteiger partial charge in [-0.2, -0.15) is 0 Å². The van der Waals surface area contributed by atoms with Crippen LogP contribution in [-0.4, -0.2) is 28.7 Å². The number of aromatic nitrogens is 3. The fraction of sp³-hybridized carbons (Fsp3) is 0.0952. The topological polar surface area (TPSA) is 131 Å². The van der Waals surface area contributed by atoms with E-state index in [2.05, 4.69) is 20.6 Å². The van der Waals surface area contributed by atoms with Crippen LogP contribution in [0.1, 0.15) is 12.5 Å². The molecule has 1 amide bonds. The third-order valence-corrected chi connectivity index (χ3v) is 5.57. The largest absolute Gasteiger partial charge is 0.363 e. The number of rotatable bonds is 6. The Bertz CT molecular complexity index is 1350. The Morgan fingerprint density at radius 2 is 1.77 bits per heavy atom. The lowest BCUT2D eigenvalue weighted by Crippen LogP contribution is -2.12. The molecule has 0 aliphatic heterocycles. The minimum atomic E-state index is -3.71. The molecule has 0 fully saturated rings. The van der Waals surface area contributed by atoms with Crippen molar-refractivity contribution in [1.82, 2.24) is 14.4 Å². The smallest absolute Gasteiger partial charge is 0.238 e. The molecule has 0 bridgehead atoms. The molecule has 0 saturated heterocycles. The van der Waals surface area contributed by atoms with Crippen LogP contribution in [0.3, 0.4) is 0 Å². The molecule has 10 heteroatoms. The maximum atomic E-state index is 11.4. The van der Waals surface area contributed by atoms with Gasteiger partial charge in [0.1, 0.15) is 0 Å². The molecule has 2 aromatic heterocycles. The van der Waals surface area contributed by atoms with Crippen molar-refractivity contribution in [2.75, 3.05) is 10.6 Å². The van der Waals surface area contributed by atoms with E-state index < -0.39 is 10.0 Å². The van der Waals surface area contributed by atoms with Gasteiger partial charge in [-0.3, -0.25) is 9.20 Å². The number of benzene rings is 2. The second-order valence-corrected chi connectivity index (χ2v) is 8.48. The summed E-state index contributed by atoms with van der Waals surface area (Å²) >= 11 is 0. The molecule has 4 N–H and O–H groups in total. The Morgan fingerprint density at radius 3 is 2.42 bits per heavy atom. The summed E-state index contributed by atoms with van der Waals surface area (Å²) in [5.74, 6) is 0.475. The molecule has 0 aliphatic carbocycles. The highest BCUT2D eigenvalue weighted by Crippen LogP contribution is 2.25. The summed E-state index contributed by atoms with van der Waals surface area (Å²) in [6.07, 6.45) is 5.26. The van der Waals surface area contributed by atoms with Gasteiger partial charge in [0.25, 0.3) is 0 Å². The number of anilines is 2. The minimum Gasteiger partial charge on any atom is -0.363 e. The quantitative estimate of drug-likeness (QED) is 0.426. The first-order valence-electron chi connectivity index (χ1n) is 9.37. The zero-order chi connectivity index (χ0) is 22.0. The number of sulfonamides is 1. The van der Waals surface area contributed by atoms with E-state index in [9.17, 15) is 13.2 Å². The molecule has 31 heavy (non-hydrogen) atoms. The van der Waals surface area contributed by atoms with Crippen molar-refractivity contribution in [2.24, 2.45) is 5.14 Å². The normalized spacial score (nSPS) is 11.4. The Morgan fingerprint density at radius 1 is 1.06 bits per heavy atom. The number of carbonyl (C=O) groups excluding carboxylic acids is 1. The van der Waals surface area contributed by atoms with Crippen molar-refractivity contribution < 1.29 is 13.2 Å². The van der Waals surface area contributed by atoms with Crippen LogP contribution in [0.5, 0.6) is 0 Å². The molecule has 0 atom stereocenters. The number of nitrogens with two attached hydrogens (primary N) is 1. The Hall–Kier alpha value is -3.76. The number of fused-ring (bicyclic) bond motifs is 1. The summed E-state index contributed by atoms with van der Waals surface area (Å²) < 4.78 is 24.7. The Balaban J connectivity index is 1.55. The Kier molecular flexibility index (Phi) is 5.40. The van der Waals surface area contributed by atoms with E-state index in [1.807, 2.05) is 34.9 Å². The van der Waals surface area contributed by atoms with Crippen molar-refractivity contribution in [3.8, 4) is 11.3 Å². The van der Waals surface area contributed by atoms with Crippen LogP contribution in [0.15, 0.2) is 72.0 Å². The predicted octanol–water partition coefficient (Wildman–Crippen LogP) is 2.61. The summed E-state index contributed by atoms with van der Waals surface area (Å²) in [4.78, 5) is 20.1. The Labute approximate surface area is 179 Å². The van der Waals surface area contributed by atoms with Gasteiger partial charge in [0, 0.05) is 37.1 Å². The summed E-state index contributed by atoms with van der Waals surface area (Å²) in [7, 11) is -3.71. The third kappa shape index (κ3) is 4.55. The zero-order valence-electron chi connectivity index (χ0n) is 16.6. The van der Waals surface area contributed by atoms with Gasteiger partial charge in [-0.25, -0.2) is 23.5 Å². The van der Waals surface area contributed by atoms with Crippen LogP contribution in [0, 0.1) is 0 Å². The maximum absolute atomic E-state index is 11.4. The lowest BCUT2D eigenvalue weighted by atomic mass is 10.1. The second kappa shape index (κ2) is 8.17. The highest BCUT2D eigenvalue weighted by molar-refractivity contribution is 7.89. The number of nitrogens with zero attached hydrogens (tertiary/aromatic N) is 3. The highest BCUT2D eigenvalue weighted by atomic mass is 32.2. The van der Waals surface area contributed by atoms with E-state index in [0.717, 1.165) is 22.5 Å². The van der Waals surface area contributed by atoms with Gasteiger partial charge in [0.2, 0.25) is 15.9 Å². The molecule has 0 spiro atoms. The summed E-state index contributed by atoms with van der Waals surface area (Å²) in [6, 6.07) is 13.8. The van der Waals surface area contributed by atoms with E-state index in [4.69, 9.17) is 5.14 Å². The minimum absolute atomic E-state index is 0.0684. The highest BCUT2D eigenvalue weighted by Gasteiger charge is 2.11. The van der Waals surface area contributed by atoms with E-state index in [1.165, 1.54) is 19.1 Å². The molecule has 0 saturated carbocycles. The number of amides is 1. The van der Waals surface area contributed by atoms with E-state index in [0.29, 0.717) is 18.0 Å².